The minimum atomic E-state index is -0.134. The van der Waals surface area contributed by atoms with Crippen LogP contribution in [0.4, 0.5) is 5.69 Å². The van der Waals surface area contributed by atoms with Crippen LogP contribution in [-0.4, -0.2) is 11.8 Å². The molecule has 2 saturated carbocycles. The summed E-state index contributed by atoms with van der Waals surface area (Å²) in [7, 11) is 0. The number of carbonyl (C=O) groups is 2. The molecule has 4 aliphatic rings. The van der Waals surface area contributed by atoms with Crippen molar-refractivity contribution >= 4 is 29.1 Å². The highest BCUT2D eigenvalue weighted by atomic mass is 35.5. The zero-order chi connectivity index (χ0) is 14.4. The van der Waals surface area contributed by atoms with Crippen LogP contribution in [0, 0.1) is 29.1 Å². The number of halogens is 1. The van der Waals surface area contributed by atoms with Gasteiger partial charge < -0.3 is 0 Å². The molecule has 3 fully saturated rings. The van der Waals surface area contributed by atoms with Gasteiger partial charge in [-0.05, 0) is 54.4 Å². The van der Waals surface area contributed by atoms with E-state index in [9.17, 15) is 9.59 Å². The topological polar surface area (TPSA) is 37.4 Å². The lowest BCUT2D eigenvalue weighted by atomic mass is 9.85. The van der Waals surface area contributed by atoms with Crippen LogP contribution in [0.1, 0.15) is 12.8 Å². The molecular formula is C17H14ClNO2. The third-order valence-electron chi connectivity index (χ3n) is 5.94. The normalized spacial score (nSPS) is 37.7. The van der Waals surface area contributed by atoms with Gasteiger partial charge >= 0.3 is 0 Å². The number of allylic oxidation sites excluding steroid dienone is 2. The highest BCUT2D eigenvalue weighted by molar-refractivity contribution is 6.30. The Labute approximate surface area is 127 Å². The summed E-state index contributed by atoms with van der Waals surface area (Å²) in [6.07, 6.45) is 6.72. The number of benzene rings is 1. The van der Waals surface area contributed by atoms with Crippen molar-refractivity contribution in [1.82, 2.24) is 0 Å². The van der Waals surface area contributed by atoms with Gasteiger partial charge in [0.25, 0.3) is 0 Å². The van der Waals surface area contributed by atoms with Gasteiger partial charge in [-0.15, -0.1) is 0 Å². The van der Waals surface area contributed by atoms with Crippen molar-refractivity contribution in [3.63, 3.8) is 0 Å². The molecule has 21 heavy (non-hydrogen) atoms. The van der Waals surface area contributed by atoms with E-state index in [-0.39, 0.29) is 40.9 Å². The molecule has 2 amide bonds. The minimum absolute atomic E-state index is 0.0181. The maximum absolute atomic E-state index is 12.8. The number of anilines is 1. The van der Waals surface area contributed by atoms with Crippen molar-refractivity contribution in [3.05, 3.63) is 41.4 Å². The van der Waals surface area contributed by atoms with E-state index in [1.54, 1.807) is 24.3 Å². The van der Waals surface area contributed by atoms with E-state index >= 15 is 0 Å². The predicted molar refractivity (Wildman–Crippen MR) is 78.7 cm³/mol. The van der Waals surface area contributed by atoms with Crippen molar-refractivity contribution in [2.24, 2.45) is 29.1 Å². The summed E-state index contributed by atoms with van der Waals surface area (Å²) in [5, 5.41) is 0.608. The van der Waals surface area contributed by atoms with Crippen LogP contribution in [-0.2, 0) is 9.59 Å². The summed E-state index contributed by atoms with van der Waals surface area (Å²) in [6, 6.07) is 6.95. The summed E-state index contributed by atoms with van der Waals surface area (Å²) in [4.78, 5) is 27.0. The molecule has 1 aliphatic heterocycles. The molecule has 3 aliphatic carbocycles. The molecule has 1 spiro atoms. The van der Waals surface area contributed by atoms with Crippen molar-refractivity contribution in [2.45, 2.75) is 12.8 Å². The summed E-state index contributed by atoms with van der Waals surface area (Å²) in [6.45, 7) is 0. The first-order valence-electron chi connectivity index (χ1n) is 7.45. The lowest BCUT2D eigenvalue weighted by molar-refractivity contribution is -0.123. The molecule has 3 nitrogen and oxygen atoms in total. The fourth-order valence-electron chi connectivity index (χ4n) is 4.92. The second kappa shape index (κ2) is 3.58. The summed E-state index contributed by atoms with van der Waals surface area (Å²) < 4.78 is 0. The Hall–Kier alpha value is -1.61. The van der Waals surface area contributed by atoms with E-state index in [4.69, 9.17) is 11.6 Å². The molecule has 4 heteroatoms. The Bertz CT molecular complexity index is 670. The monoisotopic (exact) mass is 299 g/mol. The lowest BCUT2D eigenvalue weighted by Crippen LogP contribution is -2.34. The fraction of sp³-hybridized carbons (Fsp3) is 0.412. The second-order valence-electron chi connectivity index (χ2n) is 6.71. The molecule has 0 unspecified atom stereocenters. The van der Waals surface area contributed by atoms with Gasteiger partial charge in [-0.3, -0.25) is 14.5 Å². The van der Waals surface area contributed by atoms with E-state index in [1.807, 2.05) is 0 Å². The maximum atomic E-state index is 12.8. The number of hydrogen-bond acceptors (Lipinski definition) is 2. The molecule has 1 aromatic carbocycles. The number of imide groups is 1. The highest BCUT2D eigenvalue weighted by Gasteiger charge is 2.73. The summed E-state index contributed by atoms with van der Waals surface area (Å²) in [5.74, 6) is 0.254. The standard InChI is InChI=1S/C17H14ClNO2/c18-9-1-3-10(4-2-9)19-15(20)13-11-5-6-12(14(13)16(19)21)17(11)7-8-17/h1-6,11-14H,7-8H2/t11-,12-,13-,14-/m0/s1. The van der Waals surface area contributed by atoms with E-state index in [2.05, 4.69) is 12.2 Å². The molecule has 1 saturated heterocycles. The van der Waals surface area contributed by atoms with Crippen LogP contribution < -0.4 is 4.90 Å². The maximum Gasteiger partial charge on any atom is 0.238 e. The summed E-state index contributed by atoms with van der Waals surface area (Å²) in [5.41, 5.74) is 0.903. The van der Waals surface area contributed by atoms with Gasteiger partial charge in [-0.2, -0.15) is 0 Å². The van der Waals surface area contributed by atoms with E-state index in [0.29, 0.717) is 10.7 Å². The van der Waals surface area contributed by atoms with Gasteiger partial charge in [0.1, 0.15) is 0 Å². The molecule has 5 rings (SSSR count). The minimum Gasteiger partial charge on any atom is -0.274 e. The van der Waals surface area contributed by atoms with Gasteiger partial charge in [0.15, 0.2) is 0 Å². The van der Waals surface area contributed by atoms with Gasteiger partial charge in [-0.1, -0.05) is 23.8 Å². The number of fused-ring (bicyclic) bond motifs is 3. The third kappa shape index (κ3) is 1.27. The van der Waals surface area contributed by atoms with Crippen LogP contribution in [0.5, 0.6) is 0 Å². The van der Waals surface area contributed by atoms with E-state index < -0.39 is 0 Å². The van der Waals surface area contributed by atoms with Crippen LogP contribution in [0.3, 0.4) is 0 Å². The zero-order valence-electron chi connectivity index (χ0n) is 11.3. The van der Waals surface area contributed by atoms with Gasteiger partial charge in [0, 0.05) is 5.02 Å². The van der Waals surface area contributed by atoms with Gasteiger partial charge in [0.2, 0.25) is 11.8 Å². The first kappa shape index (κ1) is 12.0. The average Bonchev–Trinajstić information content (AvgIpc) is 3.07. The number of amides is 2. The second-order valence-corrected chi connectivity index (χ2v) is 7.15. The zero-order valence-corrected chi connectivity index (χ0v) is 12.1. The molecule has 1 aromatic rings. The Morgan fingerprint density at radius 2 is 1.48 bits per heavy atom. The molecule has 4 atom stereocenters. The Morgan fingerprint density at radius 1 is 0.952 bits per heavy atom. The van der Waals surface area contributed by atoms with Crippen molar-refractivity contribution in [3.8, 4) is 0 Å². The van der Waals surface area contributed by atoms with Crippen LogP contribution >= 0.6 is 11.6 Å². The fourth-order valence-corrected chi connectivity index (χ4v) is 5.05. The first-order chi connectivity index (χ1) is 10.1. The Balaban J connectivity index is 1.57. The van der Waals surface area contributed by atoms with Crippen molar-refractivity contribution < 1.29 is 9.59 Å². The number of hydrogen-bond donors (Lipinski definition) is 0. The molecular weight excluding hydrogens is 286 g/mol. The van der Waals surface area contributed by atoms with Crippen LogP contribution in [0.2, 0.25) is 5.02 Å². The van der Waals surface area contributed by atoms with Crippen molar-refractivity contribution in [2.75, 3.05) is 4.90 Å². The molecule has 0 N–H and O–H groups in total. The summed E-state index contributed by atoms with van der Waals surface area (Å²) >= 11 is 5.89. The predicted octanol–water partition coefficient (Wildman–Crippen LogP) is 3.04. The molecule has 0 aromatic heterocycles. The molecule has 106 valence electrons. The van der Waals surface area contributed by atoms with Gasteiger partial charge in [0.05, 0.1) is 17.5 Å². The van der Waals surface area contributed by atoms with E-state index in [1.165, 1.54) is 17.7 Å². The van der Waals surface area contributed by atoms with E-state index in [0.717, 1.165) is 0 Å². The quantitative estimate of drug-likeness (QED) is 0.590. The number of nitrogens with zero attached hydrogens (tertiary/aromatic N) is 1. The van der Waals surface area contributed by atoms with Gasteiger partial charge in [-0.25, -0.2) is 0 Å². The van der Waals surface area contributed by atoms with Crippen LogP contribution in [0.15, 0.2) is 36.4 Å². The number of rotatable bonds is 1. The van der Waals surface area contributed by atoms with Crippen LogP contribution in [0.25, 0.3) is 0 Å². The molecule has 2 bridgehead atoms. The average molecular weight is 300 g/mol. The number of carbonyl (C=O) groups excluding carboxylic acids is 2. The lowest BCUT2D eigenvalue weighted by Gasteiger charge is -2.21. The third-order valence-corrected chi connectivity index (χ3v) is 6.19. The highest BCUT2D eigenvalue weighted by Crippen LogP contribution is 2.73. The Kier molecular flexibility index (Phi) is 2.05. The molecule has 0 radical (unpaired) electrons. The SMILES string of the molecule is O=C1[C@@H]2[C@@H](C(=O)N1c1ccc(Cl)cc1)[C@@H]1C=C[C@@H]2C12CC2. The Morgan fingerprint density at radius 3 is 1.95 bits per heavy atom. The first-order valence-corrected chi connectivity index (χ1v) is 7.83. The smallest absolute Gasteiger partial charge is 0.238 e. The molecule has 1 heterocycles. The largest absolute Gasteiger partial charge is 0.274 e. The van der Waals surface area contributed by atoms with Crippen molar-refractivity contribution in [1.29, 1.82) is 0 Å².